The van der Waals surface area contributed by atoms with E-state index in [2.05, 4.69) is 21.7 Å². The van der Waals surface area contributed by atoms with Crippen LogP contribution in [0.4, 0.5) is 5.82 Å². The molecule has 1 amide bonds. The van der Waals surface area contributed by atoms with Gasteiger partial charge in [0.25, 0.3) is 5.91 Å². The molecule has 0 atom stereocenters. The van der Waals surface area contributed by atoms with E-state index in [-0.39, 0.29) is 18.5 Å². The molecular weight excluding hydrogens is 348 g/mol. The first-order valence-electron chi connectivity index (χ1n) is 8.44. The van der Waals surface area contributed by atoms with Crippen molar-refractivity contribution in [2.45, 2.75) is 6.42 Å². The van der Waals surface area contributed by atoms with Gasteiger partial charge in [0.15, 0.2) is 17.3 Å². The molecular formula is C19H16N4O4. The molecule has 8 heteroatoms. The van der Waals surface area contributed by atoms with E-state index in [0.717, 1.165) is 5.39 Å². The number of anilines is 1. The van der Waals surface area contributed by atoms with Crippen LogP contribution in [0, 0.1) is 11.3 Å². The summed E-state index contributed by atoms with van der Waals surface area (Å²) in [6, 6.07) is 10.8. The Kier molecular flexibility index (Phi) is 4.49. The van der Waals surface area contributed by atoms with E-state index in [1.807, 2.05) is 6.07 Å². The van der Waals surface area contributed by atoms with Crippen molar-refractivity contribution in [1.29, 1.82) is 5.26 Å². The lowest BCUT2D eigenvalue weighted by Gasteiger charge is -2.10. The van der Waals surface area contributed by atoms with Gasteiger partial charge in [0.05, 0.1) is 17.3 Å². The number of nitrogens with zero attached hydrogens (tertiary/aromatic N) is 2. The Morgan fingerprint density at radius 3 is 2.85 bits per heavy atom. The summed E-state index contributed by atoms with van der Waals surface area (Å²) >= 11 is 0. The van der Waals surface area contributed by atoms with E-state index in [1.165, 1.54) is 6.26 Å². The lowest BCUT2D eigenvalue weighted by molar-refractivity contribution is 0.0926. The second-order valence-corrected chi connectivity index (χ2v) is 5.91. The van der Waals surface area contributed by atoms with Crippen LogP contribution in [0.2, 0.25) is 0 Å². The predicted molar refractivity (Wildman–Crippen MR) is 96.7 cm³/mol. The summed E-state index contributed by atoms with van der Waals surface area (Å²) in [5.74, 6) is 1.83. The van der Waals surface area contributed by atoms with E-state index in [9.17, 15) is 10.1 Å². The maximum atomic E-state index is 11.8. The van der Waals surface area contributed by atoms with Crippen LogP contribution in [0.3, 0.4) is 0 Å². The monoisotopic (exact) mass is 364 g/mol. The summed E-state index contributed by atoms with van der Waals surface area (Å²) in [5, 5.41) is 16.1. The lowest BCUT2D eigenvalue weighted by atomic mass is 10.1. The van der Waals surface area contributed by atoms with Gasteiger partial charge in [-0.1, -0.05) is 0 Å². The average molecular weight is 364 g/mol. The molecule has 0 radical (unpaired) electrons. The Morgan fingerprint density at radius 2 is 2.07 bits per heavy atom. The highest BCUT2D eigenvalue weighted by Crippen LogP contribution is 2.36. The molecule has 1 aromatic carbocycles. The molecule has 0 spiro atoms. The van der Waals surface area contributed by atoms with Crippen LogP contribution in [0.1, 0.15) is 22.5 Å². The maximum absolute atomic E-state index is 11.8. The fraction of sp³-hybridized carbons (Fsp3) is 0.211. The Labute approximate surface area is 154 Å². The van der Waals surface area contributed by atoms with Gasteiger partial charge in [-0.3, -0.25) is 4.79 Å². The van der Waals surface area contributed by atoms with Crippen molar-refractivity contribution in [1.82, 2.24) is 10.3 Å². The zero-order valence-corrected chi connectivity index (χ0v) is 14.3. The van der Waals surface area contributed by atoms with Gasteiger partial charge in [0.1, 0.15) is 11.9 Å². The first kappa shape index (κ1) is 16.7. The number of carbonyl (C=O) groups is 1. The summed E-state index contributed by atoms with van der Waals surface area (Å²) in [6.07, 6.45) is 2.12. The second-order valence-electron chi connectivity index (χ2n) is 5.91. The van der Waals surface area contributed by atoms with Gasteiger partial charge in [-0.05, 0) is 30.7 Å². The molecule has 0 saturated carbocycles. The zero-order chi connectivity index (χ0) is 18.6. The van der Waals surface area contributed by atoms with Gasteiger partial charge in [-0.25, -0.2) is 4.98 Å². The van der Waals surface area contributed by atoms with Crippen LogP contribution in [0.15, 0.2) is 41.0 Å². The first-order chi connectivity index (χ1) is 13.2. The molecule has 8 nitrogen and oxygen atoms in total. The number of rotatable bonds is 6. The van der Waals surface area contributed by atoms with E-state index < -0.39 is 0 Å². The molecule has 0 bridgehead atoms. The number of fused-ring (bicyclic) bond motifs is 2. The number of nitrogens with one attached hydrogen (secondary N) is 2. The van der Waals surface area contributed by atoms with Crippen molar-refractivity contribution < 1.29 is 18.7 Å². The number of benzene rings is 1. The van der Waals surface area contributed by atoms with Crippen LogP contribution in [0.5, 0.6) is 11.5 Å². The highest BCUT2D eigenvalue weighted by Gasteiger charge is 2.16. The number of hydrogen-bond donors (Lipinski definition) is 2. The van der Waals surface area contributed by atoms with Crippen molar-refractivity contribution in [3.05, 3.63) is 47.9 Å². The minimum absolute atomic E-state index is 0.186. The first-order valence-corrected chi connectivity index (χ1v) is 8.44. The third kappa shape index (κ3) is 3.48. The van der Waals surface area contributed by atoms with Crippen LogP contribution >= 0.6 is 0 Å². The summed E-state index contributed by atoms with van der Waals surface area (Å²) in [4.78, 5) is 16.3. The number of carbonyl (C=O) groups excluding carboxylic acids is 1. The van der Waals surface area contributed by atoms with Gasteiger partial charge in [-0.15, -0.1) is 0 Å². The third-order valence-corrected chi connectivity index (χ3v) is 4.11. The Hall–Kier alpha value is -3.73. The Morgan fingerprint density at radius 1 is 1.22 bits per heavy atom. The highest BCUT2D eigenvalue weighted by molar-refractivity contribution is 5.91. The minimum Gasteiger partial charge on any atom is -0.459 e. The molecule has 1 aliphatic rings. The lowest BCUT2D eigenvalue weighted by Crippen LogP contribution is -2.25. The van der Waals surface area contributed by atoms with Gasteiger partial charge < -0.3 is 24.5 Å². The molecule has 136 valence electrons. The third-order valence-electron chi connectivity index (χ3n) is 4.11. The van der Waals surface area contributed by atoms with E-state index in [1.54, 1.807) is 24.3 Å². The van der Waals surface area contributed by atoms with Crippen LogP contribution in [-0.2, 0) is 0 Å². The minimum atomic E-state index is -0.252. The smallest absolute Gasteiger partial charge is 0.286 e. The number of aromatic nitrogens is 1. The SMILES string of the molecule is N#Cc1cc2cc3c(cc2nc1NCCCNC(=O)c1ccco1)OCO3. The standard InChI is InChI=1S/C19H16N4O4/c20-10-13-7-12-8-16-17(27-11-26-16)9-14(12)23-18(13)21-4-2-5-22-19(24)15-3-1-6-25-15/h1,3,6-9H,2,4-5,11H2,(H,21,23)(H,22,24). The molecule has 0 unspecified atom stereocenters. The van der Waals surface area contributed by atoms with E-state index in [0.29, 0.717) is 47.9 Å². The van der Waals surface area contributed by atoms with Crippen molar-refractivity contribution in [2.24, 2.45) is 0 Å². The summed E-state index contributed by atoms with van der Waals surface area (Å²) < 4.78 is 15.8. The normalized spacial score (nSPS) is 12.0. The second kappa shape index (κ2) is 7.25. The molecule has 0 aliphatic carbocycles. The van der Waals surface area contributed by atoms with Crippen LogP contribution in [-0.4, -0.2) is 30.8 Å². The van der Waals surface area contributed by atoms with Crippen molar-refractivity contribution >= 4 is 22.6 Å². The molecule has 0 saturated heterocycles. The maximum Gasteiger partial charge on any atom is 0.286 e. The highest BCUT2D eigenvalue weighted by atomic mass is 16.7. The Bertz CT molecular complexity index is 1020. The topological polar surface area (TPSA) is 109 Å². The average Bonchev–Trinajstić information content (AvgIpc) is 3.36. The number of nitriles is 1. The van der Waals surface area contributed by atoms with E-state index >= 15 is 0 Å². The molecule has 2 N–H and O–H groups in total. The quantitative estimate of drug-likeness (QED) is 0.647. The van der Waals surface area contributed by atoms with Gasteiger partial charge in [0.2, 0.25) is 6.79 Å². The Balaban J connectivity index is 1.39. The predicted octanol–water partition coefficient (Wildman–Crippen LogP) is 2.66. The largest absolute Gasteiger partial charge is 0.459 e. The fourth-order valence-corrected chi connectivity index (χ4v) is 2.78. The van der Waals surface area contributed by atoms with Gasteiger partial charge >= 0.3 is 0 Å². The zero-order valence-electron chi connectivity index (χ0n) is 14.3. The van der Waals surface area contributed by atoms with Crippen molar-refractivity contribution in [3.8, 4) is 17.6 Å². The molecule has 2 aromatic heterocycles. The molecule has 1 aliphatic heterocycles. The number of ether oxygens (including phenoxy) is 2. The molecule has 27 heavy (non-hydrogen) atoms. The fourth-order valence-electron chi connectivity index (χ4n) is 2.78. The summed E-state index contributed by atoms with van der Waals surface area (Å²) in [7, 11) is 0. The molecule has 3 aromatic rings. The van der Waals surface area contributed by atoms with Crippen molar-refractivity contribution in [3.63, 3.8) is 0 Å². The molecule has 3 heterocycles. The molecule has 0 fully saturated rings. The van der Waals surface area contributed by atoms with Gasteiger partial charge in [0, 0.05) is 24.5 Å². The number of furan rings is 1. The van der Waals surface area contributed by atoms with E-state index in [4.69, 9.17) is 13.9 Å². The van der Waals surface area contributed by atoms with Gasteiger partial charge in [-0.2, -0.15) is 5.26 Å². The number of hydrogen-bond acceptors (Lipinski definition) is 7. The summed E-state index contributed by atoms with van der Waals surface area (Å²) in [6.45, 7) is 1.21. The van der Waals surface area contributed by atoms with Crippen molar-refractivity contribution in [2.75, 3.05) is 25.2 Å². The summed E-state index contributed by atoms with van der Waals surface area (Å²) in [5.41, 5.74) is 1.16. The van der Waals surface area contributed by atoms with Crippen LogP contribution < -0.4 is 20.1 Å². The van der Waals surface area contributed by atoms with Crippen LogP contribution in [0.25, 0.3) is 10.9 Å². The molecule has 4 rings (SSSR count). The number of amides is 1. The number of pyridine rings is 1.